The van der Waals surface area contributed by atoms with Crippen LogP contribution in [0.2, 0.25) is 0 Å². The molecule has 0 bridgehead atoms. The summed E-state index contributed by atoms with van der Waals surface area (Å²) in [5.74, 6) is 0.844. The Morgan fingerprint density at radius 3 is 2.52 bits per heavy atom. The first kappa shape index (κ1) is 17.8. The molecule has 0 radical (unpaired) electrons. The third kappa shape index (κ3) is 4.34. The molecule has 0 aliphatic carbocycles. The molecule has 2 aromatic carbocycles. The molecular formula is C20H22F3NO. The summed E-state index contributed by atoms with van der Waals surface area (Å²) >= 11 is 0. The van der Waals surface area contributed by atoms with Gasteiger partial charge in [0, 0.05) is 13.1 Å². The maximum Gasteiger partial charge on any atom is 0.416 e. The maximum absolute atomic E-state index is 13.1. The Labute approximate surface area is 146 Å². The van der Waals surface area contributed by atoms with Crippen molar-refractivity contribution in [3.8, 4) is 5.75 Å². The van der Waals surface area contributed by atoms with E-state index in [1.54, 1.807) is 7.11 Å². The van der Waals surface area contributed by atoms with Crippen LogP contribution in [0, 0.1) is 0 Å². The van der Waals surface area contributed by atoms with E-state index in [1.165, 1.54) is 17.7 Å². The SMILES string of the molecule is COc1ccc(CCCN2CCc3c(cccc3C(F)(F)F)C2)cc1. The summed E-state index contributed by atoms with van der Waals surface area (Å²) in [6.07, 6.45) is -1.86. The van der Waals surface area contributed by atoms with Gasteiger partial charge >= 0.3 is 6.18 Å². The van der Waals surface area contributed by atoms with Crippen LogP contribution in [0.25, 0.3) is 0 Å². The van der Waals surface area contributed by atoms with Crippen LogP contribution < -0.4 is 4.74 Å². The molecule has 1 aliphatic rings. The van der Waals surface area contributed by atoms with Crippen LogP contribution in [0.5, 0.6) is 5.75 Å². The summed E-state index contributed by atoms with van der Waals surface area (Å²) in [6, 6.07) is 12.5. The third-order valence-corrected chi connectivity index (χ3v) is 4.75. The number of rotatable bonds is 5. The number of ether oxygens (including phenoxy) is 1. The fourth-order valence-electron chi connectivity index (χ4n) is 3.42. The van der Waals surface area contributed by atoms with Gasteiger partial charge in [-0.2, -0.15) is 13.2 Å². The number of alkyl halides is 3. The van der Waals surface area contributed by atoms with Crippen LogP contribution in [-0.4, -0.2) is 25.1 Å². The van der Waals surface area contributed by atoms with E-state index in [9.17, 15) is 13.2 Å². The highest BCUT2D eigenvalue weighted by Gasteiger charge is 2.35. The third-order valence-electron chi connectivity index (χ3n) is 4.75. The molecule has 0 N–H and O–H groups in total. The second kappa shape index (κ2) is 7.48. The summed E-state index contributed by atoms with van der Waals surface area (Å²) in [7, 11) is 1.65. The topological polar surface area (TPSA) is 12.5 Å². The molecule has 0 saturated carbocycles. The van der Waals surface area contributed by atoms with E-state index in [-0.39, 0.29) is 0 Å². The molecule has 1 heterocycles. The largest absolute Gasteiger partial charge is 0.497 e. The van der Waals surface area contributed by atoms with Crippen LogP contribution >= 0.6 is 0 Å². The van der Waals surface area contributed by atoms with Crippen molar-refractivity contribution in [3.63, 3.8) is 0 Å². The zero-order valence-corrected chi connectivity index (χ0v) is 14.3. The highest BCUT2D eigenvalue weighted by Crippen LogP contribution is 2.35. The Kier molecular flexibility index (Phi) is 5.33. The first-order valence-electron chi connectivity index (χ1n) is 8.50. The summed E-state index contributed by atoms with van der Waals surface area (Å²) in [6.45, 7) is 2.17. The predicted molar refractivity (Wildman–Crippen MR) is 91.7 cm³/mol. The van der Waals surface area contributed by atoms with Crippen molar-refractivity contribution in [2.45, 2.75) is 32.0 Å². The van der Waals surface area contributed by atoms with Gasteiger partial charge in [-0.05, 0) is 60.7 Å². The Morgan fingerprint density at radius 1 is 1.08 bits per heavy atom. The minimum Gasteiger partial charge on any atom is -0.497 e. The molecule has 134 valence electrons. The molecule has 0 unspecified atom stereocenters. The van der Waals surface area contributed by atoms with Gasteiger partial charge in [0.2, 0.25) is 0 Å². The van der Waals surface area contributed by atoms with Crippen molar-refractivity contribution in [2.24, 2.45) is 0 Å². The Balaban J connectivity index is 1.56. The van der Waals surface area contributed by atoms with Gasteiger partial charge in [-0.25, -0.2) is 0 Å². The zero-order chi connectivity index (χ0) is 17.9. The second-order valence-corrected chi connectivity index (χ2v) is 6.42. The Hall–Kier alpha value is -2.01. The van der Waals surface area contributed by atoms with E-state index >= 15 is 0 Å². The van der Waals surface area contributed by atoms with E-state index in [4.69, 9.17) is 4.74 Å². The van der Waals surface area contributed by atoms with Crippen LogP contribution in [0.15, 0.2) is 42.5 Å². The molecule has 0 aromatic heterocycles. The van der Waals surface area contributed by atoms with Crippen LogP contribution in [0.4, 0.5) is 13.2 Å². The van der Waals surface area contributed by atoms with Crippen LogP contribution in [0.3, 0.4) is 0 Å². The predicted octanol–water partition coefficient (Wildman–Crippen LogP) is 4.70. The molecule has 0 fully saturated rings. The first-order chi connectivity index (χ1) is 12.0. The number of methoxy groups -OCH3 is 1. The van der Waals surface area contributed by atoms with E-state index in [0.29, 0.717) is 25.1 Å². The molecule has 3 rings (SSSR count). The Bertz CT molecular complexity index is 710. The molecule has 2 aromatic rings. The van der Waals surface area contributed by atoms with Crippen molar-refractivity contribution in [3.05, 3.63) is 64.7 Å². The number of hydrogen-bond acceptors (Lipinski definition) is 2. The zero-order valence-electron chi connectivity index (χ0n) is 14.3. The highest BCUT2D eigenvalue weighted by molar-refractivity contribution is 5.38. The highest BCUT2D eigenvalue weighted by atomic mass is 19.4. The monoisotopic (exact) mass is 349 g/mol. The van der Waals surface area contributed by atoms with Gasteiger partial charge in [0.15, 0.2) is 0 Å². The molecule has 1 aliphatic heterocycles. The lowest BCUT2D eigenvalue weighted by molar-refractivity contribution is -0.138. The minimum atomic E-state index is -4.26. The lowest BCUT2D eigenvalue weighted by Gasteiger charge is -2.30. The lowest BCUT2D eigenvalue weighted by atomic mass is 9.94. The average Bonchev–Trinajstić information content (AvgIpc) is 2.61. The average molecular weight is 349 g/mol. The van der Waals surface area contributed by atoms with Crippen molar-refractivity contribution in [1.29, 1.82) is 0 Å². The normalized spacial score (nSPS) is 15.0. The quantitative estimate of drug-likeness (QED) is 0.775. The van der Waals surface area contributed by atoms with Crippen molar-refractivity contribution < 1.29 is 17.9 Å². The number of fused-ring (bicyclic) bond motifs is 1. The molecule has 0 amide bonds. The molecule has 0 saturated heterocycles. The van der Waals surface area contributed by atoms with Gasteiger partial charge in [-0.15, -0.1) is 0 Å². The second-order valence-electron chi connectivity index (χ2n) is 6.42. The molecular weight excluding hydrogens is 327 g/mol. The van der Waals surface area contributed by atoms with Gasteiger partial charge in [0.05, 0.1) is 12.7 Å². The van der Waals surface area contributed by atoms with Gasteiger partial charge in [-0.3, -0.25) is 4.90 Å². The number of nitrogens with zero attached hydrogens (tertiary/aromatic N) is 1. The van der Waals surface area contributed by atoms with Gasteiger partial charge in [0.25, 0.3) is 0 Å². The molecule has 0 atom stereocenters. The van der Waals surface area contributed by atoms with E-state index in [1.807, 2.05) is 18.2 Å². The smallest absolute Gasteiger partial charge is 0.416 e. The van der Waals surface area contributed by atoms with Gasteiger partial charge in [0.1, 0.15) is 5.75 Å². The van der Waals surface area contributed by atoms with E-state index in [0.717, 1.165) is 30.7 Å². The summed E-state index contributed by atoms with van der Waals surface area (Å²) in [4.78, 5) is 2.24. The summed E-state index contributed by atoms with van der Waals surface area (Å²) < 4.78 is 44.4. The minimum absolute atomic E-state index is 0.466. The van der Waals surface area contributed by atoms with Crippen molar-refractivity contribution >= 4 is 0 Å². The molecule has 25 heavy (non-hydrogen) atoms. The number of benzene rings is 2. The molecule has 0 spiro atoms. The van der Waals surface area contributed by atoms with Crippen LogP contribution in [-0.2, 0) is 25.6 Å². The van der Waals surface area contributed by atoms with Crippen molar-refractivity contribution in [2.75, 3.05) is 20.2 Å². The fraction of sp³-hybridized carbons (Fsp3) is 0.400. The van der Waals surface area contributed by atoms with E-state index in [2.05, 4.69) is 17.0 Å². The first-order valence-corrected chi connectivity index (χ1v) is 8.50. The molecule has 2 nitrogen and oxygen atoms in total. The van der Waals surface area contributed by atoms with E-state index < -0.39 is 11.7 Å². The van der Waals surface area contributed by atoms with Crippen LogP contribution in [0.1, 0.15) is 28.7 Å². The maximum atomic E-state index is 13.1. The van der Waals surface area contributed by atoms with Crippen molar-refractivity contribution in [1.82, 2.24) is 4.90 Å². The summed E-state index contributed by atoms with van der Waals surface area (Å²) in [5, 5.41) is 0. The number of hydrogen-bond donors (Lipinski definition) is 0. The number of halogens is 3. The standard InChI is InChI=1S/C20H22F3NO/c1-25-17-9-7-15(8-10-17)4-3-12-24-13-11-18-16(14-24)5-2-6-19(18)20(21,22)23/h2,5-10H,3-4,11-14H2,1H3. The summed E-state index contributed by atoms with van der Waals surface area (Å²) in [5.41, 5.74) is 2.06. The lowest BCUT2D eigenvalue weighted by Crippen LogP contribution is -2.32. The molecule has 5 heteroatoms. The number of aryl methyl sites for hydroxylation is 1. The Morgan fingerprint density at radius 2 is 1.84 bits per heavy atom. The van der Waals surface area contributed by atoms with Gasteiger partial charge < -0.3 is 4.74 Å². The van der Waals surface area contributed by atoms with Gasteiger partial charge in [-0.1, -0.05) is 24.3 Å². The fourth-order valence-corrected chi connectivity index (χ4v) is 3.42.